The molecule has 1 N–H and O–H groups in total. The van der Waals surface area contributed by atoms with Crippen LogP contribution in [0.1, 0.15) is 25.0 Å². The Labute approximate surface area is 125 Å². The highest BCUT2D eigenvalue weighted by molar-refractivity contribution is 6.30. The normalized spacial score (nSPS) is 10.8. The van der Waals surface area contributed by atoms with Crippen LogP contribution in [0.3, 0.4) is 0 Å². The van der Waals surface area contributed by atoms with Crippen molar-refractivity contribution < 1.29 is 4.74 Å². The highest BCUT2D eigenvalue weighted by Crippen LogP contribution is 2.19. The van der Waals surface area contributed by atoms with Gasteiger partial charge in [-0.2, -0.15) is 0 Å². The number of benzene rings is 2. The number of ether oxygens (including phenoxy) is 1. The molecule has 0 aliphatic carbocycles. The van der Waals surface area contributed by atoms with E-state index in [9.17, 15) is 0 Å². The van der Waals surface area contributed by atoms with Gasteiger partial charge in [-0.3, -0.25) is 0 Å². The quantitative estimate of drug-likeness (QED) is 0.850. The first-order chi connectivity index (χ1) is 9.65. The molecule has 0 unspecified atom stereocenters. The molecule has 2 rings (SSSR count). The SMILES string of the molecule is CC(C)Oc1ccccc1CNCc1cccc(Cl)c1. The molecule has 2 nitrogen and oxygen atoms in total. The lowest BCUT2D eigenvalue weighted by Crippen LogP contribution is -2.15. The van der Waals surface area contributed by atoms with Crippen LogP contribution in [0.25, 0.3) is 0 Å². The summed E-state index contributed by atoms with van der Waals surface area (Å²) >= 11 is 5.98. The summed E-state index contributed by atoms with van der Waals surface area (Å²) in [6, 6.07) is 16.0. The molecule has 2 aromatic carbocycles. The first-order valence-corrected chi connectivity index (χ1v) is 7.22. The standard InChI is InChI=1S/C17H20ClNO/c1-13(2)20-17-9-4-3-7-15(17)12-19-11-14-6-5-8-16(18)10-14/h3-10,13,19H,11-12H2,1-2H3. The molecule has 3 heteroatoms. The molecule has 0 saturated carbocycles. The number of hydrogen-bond donors (Lipinski definition) is 1. The van der Waals surface area contributed by atoms with E-state index in [-0.39, 0.29) is 6.10 Å². The summed E-state index contributed by atoms with van der Waals surface area (Å²) in [5.74, 6) is 0.945. The summed E-state index contributed by atoms with van der Waals surface area (Å²) in [6.45, 7) is 5.64. The second-order valence-electron chi connectivity index (χ2n) is 5.01. The minimum absolute atomic E-state index is 0.184. The number of hydrogen-bond acceptors (Lipinski definition) is 2. The van der Waals surface area contributed by atoms with Crippen LogP contribution < -0.4 is 10.1 Å². The molecular formula is C17H20ClNO. The van der Waals surface area contributed by atoms with Crippen molar-refractivity contribution in [1.82, 2.24) is 5.32 Å². The molecule has 0 saturated heterocycles. The van der Waals surface area contributed by atoms with E-state index < -0.39 is 0 Å². The Hall–Kier alpha value is -1.51. The summed E-state index contributed by atoms with van der Waals surface area (Å²) in [4.78, 5) is 0. The van der Waals surface area contributed by atoms with Crippen LogP contribution >= 0.6 is 11.6 Å². The molecule has 0 amide bonds. The van der Waals surface area contributed by atoms with E-state index in [1.807, 2.05) is 50.2 Å². The van der Waals surface area contributed by atoms with Crippen molar-refractivity contribution in [2.24, 2.45) is 0 Å². The minimum Gasteiger partial charge on any atom is -0.491 e. The Morgan fingerprint density at radius 2 is 1.85 bits per heavy atom. The Morgan fingerprint density at radius 1 is 1.05 bits per heavy atom. The van der Waals surface area contributed by atoms with E-state index in [4.69, 9.17) is 16.3 Å². The molecular weight excluding hydrogens is 270 g/mol. The van der Waals surface area contributed by atoms with E-state index in [0.717, 1.165) is 23.9 Å². The topological polar surface area (TPSA) is 21.3 Å². The van der Waals surface area contributed by atoms with Gasteiger partial charge in [-0.15, -0.1) is 0 Å². The van der Waals surface area contributed by atoms with Gasteiger partial charge in [-0.1, -0.05) is 41.9 Å². The summed E-state index contributed by atoms with van der Waals surface area (Å²) in [5.41, 5.74) is 2.35. The predicted octanol–water partition coefficient (Wildman–Crippen LogP) is 4.42. The molecule has 0 fully saturated rings. The summed E-state index contributed by atoms with van der Waals surface area (Å²) in [7, 11) is 0. The Balaban J connectivity index is 1.94. The highest BCUT2D eigenvalue weighted by Gasteiger charge is 2.04. The van der Waals surface area contributed by atoms with Crippen LogP contribution in [0, 0.1) is 0 Å². The minimum atomic E-state index is 0.184. The number of halogens is 1. The maximum Gasteiger partial charge on any atom is 0.124 e. The average Bonchev–Trinajstić information content (AvgIpc) is 2.40. The van der Waals surface area contributed by atoms with Gasteiger partial charge in [-0.05, 0) is 37.6 Å². The third kappa shape index (κ3) is 4.55. The van der Waals surface area contributed by atoms with Crippen LogP contribution in [0.2, 0.25) is 5.02 Å². The van der Waals surface area contributed by atoms with Crippen molar-refractivity contribution >= 4 is 11.6 Å². The third-order valence-corrected chi connectivity index (χ3v) is 3.10. The van der Waals surface area contributed by atoms with Crippen LogP contribution in [0.4, 0.5) is 0 Å². The van der Waals surface area contributed by atoms with Gasteiger partial charge < -0.3 is 10.1 Å². The molecule has 2 aromatic rings. The molecule has 0 spiro atoms. The lowest BCUT2D eigenvalue weighted by atomic mass is 10.2. The first kappa shape index (κ1) is 14.9. The zero-order valence-corrected chi connectivity index (χ0v) is 12.7. The van der Waals surface area contributed by atoms with Crippen LogP contribution in [0.15, 0.2) is 48.5 Å². The van der Waals surface area contributed by atoms with Gasteiger partial charge in [-0.25, -0.2) is 0 Å². The van der Waals surface area contributed by atoms with Crippen molar-refractivity contribution in [3.8, 4) is 5.75 Å². The predicted molar refractivity (Wildman–Crippen MR) is 84.2 cm³/mol. The van der Waals surface area contributed by atoms with E-state index >= 15 is 0 Å². The molecule has 0 heterocycles. The van der Waals surface area contributed by atoms with E-state index in [1.54, 1.807) is 0 Å². The monoisotopic (exact) mass is 289 g/mol. The van der Waals surface area contributed by atoms with Gasteiger partial charge >= 0.3 is 0 Å². The van der Waals surface area contributed by atoms with Gasteiger partial charge in [0.15, 0.2) is 0 Å². The van der Waals surface area contributed by atoms with Crippen LogP contribution in [-0.2, 0) is 13.1 Å². The fourth-order valence-electron chi connectivity index (χ4n) is 2.01. The molecule has 0 radical (unpaired) electrons. The number of rotatable bonds is 6. The molecule has 0 atom stereocenters. The van der Waals surface area contributed by atoms with Crippen molar-refractivity contribution in [1.29, 1.82) is 0 Å². The number of nitrogens with one attached hydrogen (secondary N) is 1. The fraction of sp³-hybridized carbons (Fsp3) is 0.294. The van der Waals surface area contributed by atoms with E-state index in [1.165, 1.54) is 11.1 Å². The fourth-order valence-corrected chi connectivity index (χ4v) is 2.22. The zero-order chi connectivity index (χ0) is 14.4. The summed E-state index contributed by atoms with van der Waals surface area (Å²) in [6.07, 6.45) is 0.184. The maximum absolute atomic E-state index is 5.98. The van der Waals surface area contributed by atoms with Gasteiger partial charge in [0, 0.05) is 23.7 Å². The third-order valence-electron chi connectivity index (χ3n) is 2.87. The lowest BCUT2D eigenvalue weighted by molar-refractivity contribution is 0.239. The van der Waals surface area contributed by atoms with E-state index in [2.05, 4.69) is 17.4 Å². The van der Waals surface area contributed by atoms with E-state index in [0.29, 0.717) is 0 Å². The zero-order valence-electron chi connectivity index (χ0n) is 11.9. The average molecular weight is 290 g/mol. The van der Waals surface area contributed by atoms with Gasteiger partial charge in [0.25, 0.3) is 0 Å². The Kier molecular flexibility index (Phi) is 5.45. The highest BCUT2D eigenvalue weighted by atomic mass is 35.5. The van der Waals surface area contributed by atoms with Gasteiger partial charge in [0.2, 0.25) is 0 Å². The second-order valence-corrected chi connectivity index (χ2v) is 5.44. The van der Waals surface area contributed by atoms with Crippen molar-refractivity contribution in [2.45, 2.75) is 33.0 Å². The van der Waals surface area contributed by atoms with Gasteiger partial charge in [0.1, 0.15) is 5.75 Å². The van der Waals surface area contributed by atoms with Gasteiger partial charge in [0.05, 0.1) is 6.10 Å². The molecule has 20 heavy (non-hydrogen) atoms. The largest absolute Gasteiger partial charge is 0.491 e. The second kappa shape index (κ2) is 7.32. The first-order valence-electron chi connectivity index (χ1n) is 6.85. The Morgan fingerprint density at radius 3 is 2.60 bits per heavy atom. The van der Waals surface area contributed by atoms with Crippen molar-refractivity contribution in [3.63, 3.8) is 0 Å². The molecule has 0 bridgehead atoms. The molecule has 0 aliphatic heterocycles. The molecule has 0 aromatic heterocycles. The lowest BCUT2D eigenvalue weighted by Gasteiger charge is -2.14. The Bertz CT molecular complexity index is 554. The molecule has 106 valence electrons. The van der Waals surface area contributed by atoms with Crippen molar-refractivity contribution in [3.05, 3.63) is 64.7 Å². The summed E-state index contributed by atoms with van der Waals surface area (Å²) in [5, 5.41) is 4.19. The van der Waals surface area contributed by atoms with Crippen LogP contribution in [-0.4, -0.2) is 6.10 Å². The van der Waals surface area contributed by atoms with Crippen molar-refractivity contribution in [2.75, 3.05) is 0 Å². The maximum atomic E-state index is 5.98. The van der Waals surface area contributed by atoms with Crippen LogP contribution in [0.5, 0.6) is 5.75 Å². The summed E-state index contributed by atoms with van der Waals surface area (Å²) < 4.78 is 5.81. The number of para-hydroxylation sites is 1. The smallest absolute Gasteiger partial charge is 0.124 e. The molecule has 0 aliphatic rings.